The Morgan fingerprint density at radius 2 is 2.19 bits per heavy atom. The van der Waals surface area contributed by atoms with E-state index in [2.05, 4.69) is 5.32 Å². The summed E-state index contributed by atoms with van der Waals surface area (Å²) in [5.41, 5.74) is 6.24. The van der Waals surface area contributed by atoms with Crippen molar-refractivity contribution in [2.24, 2.45) is 0 Å². The Labute approximate surface area is 94.2 Å². The molecular weight excluding hydrogens is 209 g/mol. The second-order valence-electron chi connectivity index (χ2n) is 3.83. The summed E-state index contributed by atoms with van der Waals surface area (Å²) in [6.45, 7) is 0.660. The van der Waals surface area contributed by atoms with E-state index in [4.69, 9.17) is 5.73 Å². The number of halogens is 1. The Morgan fingerprint density at radius 1 is 1.50 bits per heavy atom. The Bertz CT molecular complexity index is 379. The fourth-order valence-corrected chi connectivity index (χ4v) is 1.19. The van der Waals surface area contributed by atoms with E-state index in [1.807, 2.05) is 19.0 Å². The molecule has 0 heterocycles. The van der Waals surface area contributed by atoms with E-state index in [0.717, 1.165) is 0 Å². The van der Waals surface area contributed by atoms with Gasteiger partial charge in [-0.2, -0.15) is 0 Å². The molecule has 3 N–H and O–H groups in total. The normalized spacial score (nSPS) is 10.5. The number of carbonyl (C=O) groups excluding carboxylic acids is 1. The average Bonchev–Trinajstić information content (AvgIpc) is 2.19. The van der Waals surface area contributed by atoms with E-state index in [0.29, 0.717) is 18.7 Å². The zero-order chi connectivity index (χ0) is 12.1. The average molecular weight is 225 g/mol. The molecule has 0 bridgehead atoms. The molecule has 16 heavy (non-hydrogen) atoms. The third kappa shape index (κ3) is 3.86. The van der Waals surface area contributed by atoms with Crippen LogP contribution in [0.1, 0.15) is 6.42 Å². The molecule has 88 valence electrons. The van der Waals surface area contributed by atoms with E-state index in [-0.39, 0.29) is 11.6 Å². The minimum atomic E-state index is -0.413. The van der Waals surface area contributed by atoms with Crippen molar-refractivity contribution in [1.29, 1.82) is 0 Å². The lowest BCUT2D eigenvalue weighted by atomic mass is 10.2. The lowest BCUT2D eigenvalue weighted by Gasteiger charge is -2.10. The van der Waals surface area contributed by atoms with Crippen LogP contribution in [0.25, 0.3) is 0 Å². The number of anilines is 2. The van der Waals surface area contributed by atoms with E-state index in [1.165, 1.54) is 18.2 Å². The monoisotopic (exact) mass is 225 g/mol. The number of amides is 1. The van der Waals surface area contributed by atoms with Crippen molar-refractivity contribution in [3.8, 4) is 0 Å². The molecule has 0 unspecified atom stereocenters. The van der Waals surface area contributed by atoms with Crippen molar-refractivity contribution >= 4 is 17.3 Å². The molecule has 0 radical (unpaired) electrons. The van der Waals surface area contributed by atoms with Crippen molar-refractivity contribution in [1.82, 2.24) is 4.90 Å². The fraction of sp³-hybridized carbons (Fsp3) is 0.364. The highest BCUT2D eigenvalue weighted by atomic mass is 19.1. The first-order chi connectivity index (χ1) is 7.49. The summed E-state index contributed by atoms with van der Waals surface area (Å²) in [5, 5.41) is 2.64. The van der Waals surface area contributed by atoms with Gasteiger partial charge in [-0.25, -0.2) is 4.39 Å². The first-order valence-electron chi connectivity index (χ1n) is 4.98. The van der Waals surface area contributed by atoms with Gasteiger partial charge in [-0.1, -0.05) is 0 Å². The van der Waals surface area contributed by atoms with E-state index in [1.54, 1.807) is 0 Å². The maximum atomic E-state index is 12.7. The summed E-state index contributed by atoms with van der Waals surface area (Å²) in [6.07, 6.45) is 0.379. The number of nitrogen functional groups attached to an aromatic ring is 1. The second kappa shape index (κ2) is 5.46. The summed E-state index contributed by atoms with van der Waals surface area (Å²) >= 11 is 0. The quantitative estimate of drug-likeness (QED) is 0.759. The summed E-state index contributed by atoms with van der Waals surface area (Å²) in [7, 11) is 3.78. The largest absolute Gasteiger partial charge is 0.397 e. The number of nitrogens with zero attached hydrogens (tertiary/aromatic N) is 1. The highest BCUT2D eigenvalue weighted by Gasteiger charge is 2.06. The minimum absolute atomic E-state index is 0.132. The summed E-state index contributed by atoms with van der Waals surface area (Å²) in [5.74, 6) is -0.546. The fourth-order valence-electron chi connectivity index (χ4n) is 1.19. The van der Waals surface area contributed by atoms with Gasteiger partial charge in [0.15, 0.2) is 0 Å². The van der Waals surface area contributed by atoms with Crippen LogP contribution in [0.5, 0.6) is 0 Å². The number of nitrogens with one attached hydrogen (secondary N) is 1. The number of benzene rings is 1. The number of carbonyl (C=O) groups is 1. The van der Waals surface area contributed by atoms with E-state index < -0.39 is 5.82 Å². The van der Waals surface area contributed by atoms with Crippen LogP contribution in [-0.2, 0) is 4.79 Å². The first-order valence-corrected chi connectivity index (χ1v) is 4.98. The molecule has 0 aliphatic rings. The van der Waals surface area contributed by atoms with Crippen LogP contribution in [0.3, 0.4) is 0 Å². The van der Waals surface area contributed by atoms with Crippen molar-refractivity contribution in [2.75, 3.05) is 31.7 Å². The standard InChI is InChI=1S/C11H16FN3O/c1-15(2)6-5-11(16)14-10-4-3-8(12)7-9(10)13/h3-4,7H,5-6,13H2,1-2H3,(H,14,16). The van der Waals surface area contributed by atoms with Crippen molar-refractivity contribution in [3.63, 3.8) is 0 Å². The molecule has 1 amide bonds. The molecule has 5 heteroatoms. The van der Waals surface area contributed by atoms with Crippen molar-refractivity contribution in [3.05, 3.63) is 24.0 Å². The van der Waals surface area contributed by atoms with Gasteiger partial charge in [0, 0.05) is 13.0 Å². The van der Waals surface area contributed by atoms with Crippen LogP contribution in [0.2, 0.25) is 0 Å². The Kier molecular flexibility index (Phi) is 4.25. The lowest BCUT2D eigenvalue weighted by molar-refractivity contribution is -0.116. The Morgan fingerprint density at radius 3 is 2.75 bits per heavy atom. The number of hydrogen-bond acceptors (Lipinski definition) is 3. The SMILES string of the molecule is CN(C)CCC(=O)Nc1ccc(F)cc1N. The number of rotatable bonds is 4. The molecule has 0 fully saturated rings. The van der Waals surface area contributed by atoms with Crippen molar-refractivity contribution in [2.45, 2.75) is 6.42 Å². The van der Waals surface area contributed by atoms with Gasteiger partial charge in [-0.3, -0.25) is 4.79 Å². The van der Waals surface area contributed by atoms with Crippen LogP contribution in [-0.4, -0.2) is 31.4 Å². The number of nitrogens with two attached hydrogens (primary N) is 1. The van der Waals surface area contributed by atoms with Gasteiger partial charge in [-0.15, -0.1) is 0 Å². The molecule has 0 aromatic heterocycles. The van der Waals surface area contributed by atoms with Gasteiger partial charge >= 0.3 is 0 Å². The molecule has 1 rings (SSSR count). The van der Waals surface area contributed by atoms with Gasteiger partial charge in [0.1, 0.15) is 5.82 Å². The van der Waals surface area contributed by atoms with Crippen LogP contribution < -0.4 is 11.1 Å². The molecule has 0 aliphatic carbocycles. The molecule has 0 atom stereocenters. The summed E-state index contributed by atoms with van der Waals surface area (Å²) < 4.78 is 12.7. The van der Waals surface area contributed by atoms with E-state index in [9.17, 15) is 9.18 Å². The highest BCUT2D eigenvalue weighted by molar-refractivity contribution is 5.93. The highest BCUT2D eigenvalue weighted by Crippen LogP contribution is 2.19. The maximum Gasteiger partial charge on any atom is 0.225 e. The van der Waals surface area contributed by atoms with Gasteiger partial charge in [-0.05, 0) is 32.3 Å². The molecule has 0 saturated carbocycles. The number of hydrogen-bond donors (Lipinski definition) is 2. The molecule has 0 saturated heterocycles. The predicted molar refractivity (Wildman–Crippen MR) is 62.6 cm³/mol. The topological polar surface area (TPSA) is 58.4 Å². The zero-order valence-corrected chi connectivity index (χ0v) is 9.46. The molecule has 1 aromatic rings. The minimum Gasteiger partial charge on any atom is -0.397 e. The molecular formula is C11H16FN3O. The Hall–Kier alpha value is -1.62. The second-order valence-corrected chi connectivity index (χ2v) is 3.83. The van der Waals surface area contributed by atoms with Crippen LogP contribution in [0.4, 0.5) is 15.8 Å². The first kappa shape index (κ1) is 12.4. The van der Waals surface area contributed by atoms with Gasteiger partial charge in [0.05, 0.1) is 11.4 Å². The van der Waals surface area contributed by atoms with Crippen LogP contribution in [0.15, 0.2) is 18.2 Å². The predicted octanol–water partition coefficient (Wildman–Crippen LogP) is 1.30. The lowest BCUT2D eigenvalue weighted by Crippen LogP contribution is -2.21. The zero-order valence-electron chi connectivity index (χ0n) is 9.46. The molecule has 0 aliphatic heterocycles. The van der Waals surface area contributed by atoms with E-state index >= 15 is 0 Å². The summed E-state index contributed by atoms with van der Waals surface area (Å²) in [6, 6.07) is 3.90. The van der Waals surface area contributed by atoms with Crippen LogP contribution in [0, 0.1) is 5.82 Å². The van der Waals surface area contributed by atoms with Gasteiger partial charge < -0.3 is 16.0 Å². The summed E-state index contributed by atoms with van der Waals surface area (Å²) in [4.78, 5) is 13.4. The molecule has 4 nitrogen and oxygen atoms in total. The van der Waals surface area contributed by atoms with Crippen LogP contribution >= 0.6 is 0 Å². The smallest absolute Gasteiger partial charge is 0.225 e. The third-order valence-corrected chi connectivity index (χ3v) is 2.07. The third-order valence-electron chi connectivity index (χ3n) is 2.07. The van der Waals surface area contributed by atoms with Gasteiger partial charge in [0.25, 0.3) is 0 Å². The van der Waals surface area contributed by atoms with Crippen molar-refractivity contribution < 1.29 is 9.18 Å². The molecule has 0 spiro atoms. The maximum absolute atomic E-state index is 12.7. The Balaban J connectivity index is 2.56. The van der Waals surface area contributed by atoms with Gasteiger partial charge in [0.2, 0.25) is 5.91 Å². The molecule has 1 aromatic carbocycles.